The molecule has 5 nitrogen and oxygen atoms in total. The maximum Gasteiger partial charge on any atom is 0.130 e. The van der Waals surface area contributed by atoms with Gasteiger partial charge in [0.05, 0.1) is 19.3 Å². The summed E-state index contributed by atoms with van der Waals surface area (Å²) in [6.07, 6.45) is -2.59. The van der Waals surface area contributed by atoms with Crippen LogP contribution in [0.4, 0.5) is 4.39 Å². The molecule has 3 N–H and O–H groups in total. The van der Waals surface area contributed by atoms with Gasteiger partial charge < -0.3 is 20.1 Å². The second-order valence-corrected chi connectivity index (χ2v) is 5.09. The second kappa shape index (κ2) is 6.49. The number of nitrogens with zero attached hydrogens (tertiary/aromatic N) is 1. The molecule has 2 rings (SSSR count). The number of piperidine rings is 1. The van der Waals surface area contributed by atoms with Gasteiger partial charge in [0.25, 0.3) is 0 Å². The molecule has 20 heavy (non-hydrogen) atoms. The van der Waals surface area contributed by atoms with Crippen molar-refractivity contribution < 1.29 is 24.4 Å². The Morgan fingerprint density at radius 1 is 1.25 bits per heavy atom. The van der Waals surface area contributed by atoms with Crippen molar-refractivity contribution in [3.63, 3.8) is 0 Å². The third kappa shape index (κ3) is 3.46. The van der Waals surface area contributed by atoms with E-state index in [-0.39, 0.29) is 18.9 Å². The third-order valence-corrected chi connectivity index (χ3v) is 3.64. The summed E-state index contributed by atoms with van der Waals surface area (Å²) in [4.78, 5) is 1.81. The zero-order chi connectivity index (χ0) is 14.7. The SMILES string of the molecule is COc1ccc(CCN2C[C@@H](O)[C@H](O)[C@@H](O)C2)c(F)c1. The number of rotatable bonds is 4. The van der Waals surface area contributed by atoms with E-state index in [9.17, 15) is 19.7 Å². The Morgan fingerprint density at radius 3 is 2.45 bits per heavy atom. The molecule has 1 heterocycles. The van der Waals surface area contributed by atoms with E-state index in [1.165, 1.54) is 13.2 Å². The first-order valence-electron chi connectivity index (χ1n) is 6.60. The van der Waals surface area contributed by atoms with Crippen LogP contribution in [0.5, 0.6) is 5.75 Å². The predicted octanol–water partition coefficient (Wildman–Crippen LogP) is -0.225. The Hall–Kier alpha value is -1.21. The van der Waals surface area contributed by atoms with Gasteiger partial charge in [-0.3, -0.25) is 4.90 Å². The zero-order valence-corrected chi connectivity index (χ0v) is 11.4. The van der Waals surface area contributed by atoms with Gasteiger partial charge in [-0.25, -0.2) is 4.39 Å². The molecule has 0 amide bonds. The van der Waals surface area contributed by atoms with E-state index in [0.717, 1.165) is 0 Å². The van der Waals surface area contributed by atoms with Crippen molar-refractivity contribution in [3.05, 3.63) is 29.6 Å². The molecule has 1 fully saturated rings. The van der Waals surface area contributed by atoms with E-state index in [1.807, 2.05) is 4.90 Å². The minimum atomic E-state index is -1.11. The number of aliphatic hydroxyl groups excluding tert-OH is 3. The Morgan fingerprint density at radius 2 is 1.90 bits per heavy atom. The van der Waals surface area contributed by atoms with E-state index in [2.05, 4.69) is 0 Å². The van der Waals surface area contributed by atoms with Crippen LogP contribution in [0, 0.1) is 5.82 Å². The molecule has 1 aliphatic heterocycles. The first-order valence-corrected chi connectivity index (χ1v) is 6.60. The quantitative estimate of drug-likeness (QED) is 0.713. The number of β-amino-alcohol motifs (C(OH)–C–C–N with tert-alkyl or cyclic N) is 2. The highest BCUT2D eigenvalue weighted by molar-refractivity contribution is 5.29. The molecule has 0 bridgehead atoms. The first-order chi connectivity index (χ1) is 9.51. The maximum absolute atomic E-state index is 13.8. The normalized spacial score (nSPS) is 27.6. The van der Waals surface area contributed by atoms with Crippen LogP contribution < -0.4 is 4.74 Å². The predicted molar refractivity (Wildman–Crippen MR) is 71.1 cm³/mol. The fourth-order valence-corrected chi connectivity index (χ4v) is 2.39. The standard InChI is InChI=1S/C14H20FNO4/c1-20-10-3-2-9(11(15)6-10)4-5-16-7-12(17)14(19)13(18)8-16/h2-3,6,12-14,17-19H,4-5,7-8H2,1H3/t12-,13+,14+. The minimum absolute atomic E-state index is 0.274. The van der Waals surface area contributed by atoms with Crippen molar-refractivity contribution in [3.8, 4) is 5.75 Å². The first kappa shape index (κ1) is 15.2. The van der Waals surface area contributed by atoms with E-state index in [4.69, 9.17) is 4.74 Å². The lowest BCUT2D eigenvalue weighted by Gasteiger charge is -2.36. The molecule has 6 heteroatoms. The second-order valence-electron chi connectivity index (χ2n) is 5.09. The van der Waals surface area contributed by atoms with Crippen LogP contribution >= 0.6 is 0 Å². The summed E-state index contributed by atoms with van der Waals surface area (Å²) in [6.45, 7) is 1.05. The molecule has 0 spiro atoms. The summed E-state index contributed by atoms with van der Waals surface area (Å²) in [5, 5.41) is 28.6. The molecule has 1 aliphatic rings. The van der Waals surface area contributed by atoms with Crippen LogP contribution in [-0.4, -0.2) is 65.3 Å². The number of halogens is 1. The molecule has 0 aliphatic carbocycles. The largest absolute Gasteiger partial charge is 0.497 e. The smallest absolute Gasteiger partial charge is 0.130 e. The minimum Gasteiger partial charge on any atom is -0.497 e. The van der Waals surface area contributed by atoms with E-state index >= 15 is 0 Å². The summed E-state index contributed by atoms with van der Waals surface area (Å²) in [7, 11) is 1.48. The molecule has 3 atom stereocenters. The molecule has 0 aromatic heterocycles. The number of hydrogen-bond acceptors (Lipinski definition) is 5. The molecule has 1 aromatic carbocycles. The molecule has 0 unspecified atom stereocenters. The number of likely N-dealkylation sites (tertiary alicyclic amines) is 1. The number of ether oxygens (including phenoxy) is 1. The highest BCUT2D eigenvalue weighted by Gasteiger charge is 2.33. The highest BCUT2D eigenvalue weighted by Crippen LogP contribution is 2.18. The monoisotopic (exact) mass is 285 g/mol. The van der Waals surface area contributed by atoms with E-state index in [0.29, 0.717) is 24.3 Å². The van der Waals surface area contributed by atoms with E-state index in [1.54, 1.807) is 12.1 Å². The van der Waals surface area contributed by atoms with Crippen LogP contribution in [0.25, 0.3) is 0 Å². The summed E-state index contributed by atoms with van der Waals surface area (Å²) >= 11 is 0. The average Bonchev–Trinajstić information content (AvgIpc) is 2.43. The molecule has 0 saturated carbocycles. The van der Waals surface area contributed by atoms with Crippen molar-refractivity contribution in [1.29, 1.82) is 0 Å². The van der Waals surface area contributed by atoms with Gasteiger partial charge in [-0.2, -0.15) is 0 Å². The van der Waals surface area contributed by atoms with Crippen molar-refractivity contribution >= 4 is 0 Å². The summed E-state index contributed by atoms with van der Waals surface area (Å²) in [5.41, 5.74) is 0.556. The van der Waals surface area contributed by atoms with Gasteiger partial charge >= 0.3 is 0 Å². The van der Waals surface area contributed by atoms with Crippen molar-refractivity contribution in [1.82, 2.24) is 4.90 Å². The fourth-order valence-electron chi connectivity index (χ4n) is 2.39. The van der Waals surface area contributed by atoms with Gasteiger partial charge in [-0.1, -0.05) is 6.07 Å². The topological polar surface area (TPSA) is 73.2 Å². The lowest BCUT2D eigenvalue weighted by Crippen LogP contribution is -2.55. The Bertz CT molecular complexity index is 445. The number of methoxy groups -OCH3 is 1. The molecule has 112 valence electrons. The molecular weight excluding hydrogens is 265 g/mol. The van der Waals surface area contributed by atoms with Crippen LogP contribution in [0.1, 0.15) is 5.56 Å². The number of aliphatic hydroxyl groups is 3. The van der Waals surface area contributed by atoms with Gasteiger partial charge in [0, 0.05) is 25.7 Å². The summed E-state index contributed by atoms with van der Waals surface area (Å²) < 4.78 is 18.7. The van der Waals surface area contributed by atoms with Gasteiger partial charge in [-0.15, -0.1) is 0 Å². The van der Waals surface area contributed by atoms with Crippen molar-refractivity contribution in [2.75, 3.05) is 26.7 Å². The summed E-state index contributed by atoms with van der Waals surface area (Å²) in [6, 6.07) is 4.70. The Labute approximate surface area is 117 Å². The van der Waals surface area contributed by atoms with Crippen LogP contribution in [-0.2, 0) is 6.42 Å². The van der Waals surface area contributed by atoms with Crippen molar-refractivity contribution in [2.45, 2.75) is 24.7 Å². The van der Waals surface area contributed by atoms with Gasteiger partial charge in [-0.05, 0) is 18.1 Å². The van der Waals surface area contributed by atoms with Crippen molar-refractivity contribution in [2.24, 2.45) is 0 Å². The fraction of sp³-hybridized carbons (Fsp3) is 0.571. The number of benzene rings is 1. The molecular formula is C14H20FNO4. The van der Waals surface area contributed by atoms with Crippen LogP contribution in [0.3, 0.4) is 0 Å². The Kier molecular flexibility index (Phi) is 4.93. The lowest BCUT2D eigenvalue weighted by atomic mass is 10.0. The molecule has 1 saturated heterocycles. The third-order valence-electron chi connectivity index (χ3n) is 3.64. The zero-order valence-electron chi connectivity index (χ0n) is 11.4. The van der Waals surface area contributed by atoms with Crippen LogP contribution in [0.15, 0.2) is 18.2 Å². The van der Waals surface area contributed by atoms with Crippen LogP contribution in [0.2, 0.25) is 0 Å². The maximum atomic E-state index is 13.8. The number of hydrogen-bond donors (Lipinski definition) is 3. The van der Waals surface area contributed by atoms with Gasteiger partial charge in [0.1, 0.15) is 17.7 Å². The van der Waals surface area contributed by atoms with E-state index < -0.39 is 18.3 Å². The van der Waals surface area contributed by atoms with Gasteiger partial charge in [0.2, 0.25) is 0 Å². The Balaban J connectivity index is 1.92. The average molecular weight is 285 g/mol. The van der Waals surface area contributed by atoms with Gasteiger partial charge in [0.15, 0.2) is 0 Å². The molecule has 0 radical (unpaired) electrons. The summed E-state index contributed by atoms with van der Waals surface area (Å²) in [5.74, 6) is 0.140. The molecule has 1 aromatic rings. The highest BCUT2D eigenvalue weighted by atomic mass is 19.1. The lowest BCUT2D eigenvalue weighted by molar-refractivity contribution is -0.109.